The number of carbonyl (C=O) groups excluding carboxylic acids is 1. The first kappa shape index (κ1) is 12.2. The molecule has 0 saturated carbocycles. The van der Waals surface area contributed by atoms with Crippen molar-refractivity contribution in [2.75, 3.05) is 5.73 Å². The van der Waals surface area contributed by atoms with Gasteiger partial charge in [0.15, 0.2) is 5.13 Å². The van der Waals surface area contributed by atoms with Gasteiger partial charge in [0, 0.05) is 12.4 Å². The molecule has 0 aliphatic heterocycles. The number of anilines is 1. The van der Waals surface area contributed by atoms with Crippen molar-refractivity contribution >= 4 is 28.6 Å². The largest absolute Gasteiger partial charge is 0.375 e. The number of nitrogens with one attached hydrogen (secondary N) is 1. The fraction of sp³-hybridized carbons (Fsp3) is 0.0909. The highest BCUT2D eigenvalue weighted by atomic mass is 32.1. The summed E-state index contributed by atoms with van der Waals surface area (Å²) in [5.41, 5.74) is 9.40. The number of carbonyl (C=O) groups is 1. The van der Waals surface area contributed by atoms with E-state index in [0.29, 0.717) is 15.7 Å². The van der Waals surface area contributed by atoms with Gasteiger partial charge >= 0.3 is 0 Å². The number of hydrazone groups is 1. The summed E-state index contributed by atoms with van der Waals surface area (Å²) in [5, 5.41) is 4.23. The highest BCUT2D eigenvalue weighted by Crippen LogP contribution is 2.19. The molecule has 0 spiro atoms. The van der Waals surface area contributed by atoms with Crippen LogP contribution in [0.2, 0.25) is 0 Å². The molecule has 6 nitrogen and oxygen atoms in total. The van der Waals surface area contributed by atoms with Crippen LogP contribution in [-0.2, 0) is 0 Å². The van der Waals surface area contributed by atoms with Gasteiger partial charge in [0.1, 0.15) is 4.88 Å². The number of hydrogen-bond acceptors (Lipinski definition) is 6. The van der Waals surface area contributed by atoms with Crippen molar-refractivity contribution in [3.63, 3.8) is 0 Å². The van der Waals surface area contributed by atoms with Gasteiger partial charge in [-0.25, -0.2) is 10.4 Å². The number of amides is 1. The van der Waals surface area contributed by atoms with Crippen LogP contribution in [0.3, 0.4) is 0 Å². The van der Waals surface area contributed by atoms with Crippen LogP contribution in [0.5, 0.6) is 0 Å². The maximum atomic E-state index is 11.7. The van der Waals surface area contributed by atoms with Crippen LogP contribution < -0.4 is 11.2 Å². The van der Waals surface area contributed by atoms with Crippen LogP contribution in [0.15, 0.2) is 29.6 Å². The molecule has 2 aromatic heterocycles. The van der Waals surface area contributed by atoms with Crippen LogP contribution in [-0.4, -0.2) is 22.1 Å². The van der Waals surface area contributed by atoms with E-state index in [1.165, 1.54) is 0 Å². The molecule has 92 valence electrons. The Labute approximate surface area is 108 Å². The second-order valence-corrected chi connectivity index (χ2v) is 4.48. The minimum absolute atomic E-state index is 0.313. The molecule has 0 bridgehead atoms. The number of thiazole rings is 1. The summed E-state index contributed by atoms with van der Waals surface area (Å²) in [6, 6.07) is 3.57. The van der Waals surface area contributed by atoms with E-state index in [1.807, 2.05) is 0 Å². The molecular weight excluding hydrogens is 250 g/mol. The van der Waals surface area contributed by atoms with Crippen LogP contribution in [0.4, 0.5) is 5.13 Å². The van der Waals surface area contributed by atoms with Crippen molar-refractivity contribution in [2.24, 2.45) is 5.10 Å². The van der Waals surface area contributed by atoms with Gasteiger partial charge in [-0.2, -0.15) is 5.10 Å². The van der Waals surface area contributed by atoms with Gasteiger partial charge in [0.05, 0.1) is 11.9 Å². The van der Waals surface area contributed by atoms with Gasteiger partial charge in [-0.3, -0.25) is 9.78 Å². The smallest absolute Gasteiger partial charge is 0.283 e. The monoisotopic (exact) mass is 261 g/mol. The molecule has 0 unspecified atom stereocenters. The van der Waals surface area contributed by atoms with Gasteiger partial charge in [-0.1, -0.05) is 11.3 Å². The number of nitrogens with zero attached hydrogens (tertiary/aromatic N) is 3. The van der Waals surface area contributed by atoms with Crippen molar-refractivity contribution in [1.82, 2.24) is 15.4 Å². The van der Waals surface area contributed by atoms with Crippen LogP contribution >= 0.6 is 11.3 Å². The highest BCUT2D eigenvalue weighted by Gasteiger charge is 2.12. The first-order chi connectivity index (χ1) is 8.66. The fourth-order valence-electron chi connectivity index (χ4n) is 1.29. The zero-order chi connectivity index (χ0) is 13.0. The Balaban J connectivity index is 2.01. The molecule has 0 aliphatic carbocycles. The topological polar surface area (TPSA) is 93.3 Å². The minimum Gasteiger partial charge on any atom is -0.375 e. The molecule has 7 heteroatoms. The highest BCUT2D eigenvalue weighted by molar-refractivity contribution is 7.17. The van der Waals surface area contributed by atoms with E-state index < -0.39 is 0 Å². The van der Waals surface area contributed by atoms with Crippen LogP contribution in [0, 0.1) is 6.92 Å². The summed E-state index contributed by atoms with van der Waals surface area (Å²) >= 11 is 1.14. The van der Waals surface area contributed by atoms with Crippen molar-refractivity contribution in [1.29, 1.82) is 0 Å². The third kappa shape index (κ3) is 2.89. The molecule has 0 radical (unpaired) electrons. The average Bonchev–Trinajstić information content (AvgIpc) is 2.70. The van der Waals surface area contributed by atoms with E-state index in [0.717, 1.165) is 16.9 Å². The second kappa shape index (κ2) is 5.37. The third-order valence-corrected chi connectivity index (χ3v) is 3.09. The number of rotatable bonds is 3. The maximum Gasteiger partial charge on any atom is 0.283 e. The van der Waals surface area contributed by atoms with Crippen LogP contribution in [0.1, 0.15) is 20.9 Å². The number of aryl methyl sites for hydroxylation is 1. The van der Waals surface area contributed by atoms with Gasteiger partial charge in [-0.15, -0.1) is 0 Å². The Morgan fingerprint density at radius 1 is 1.50 bits per heavy atom. The summed E-state index contributed by atoms with van der Waals surface area (Å²) in [5.74, 6) is -0.313. The van der Waals surface area contributed by atoms with Crippen LogP contribution in [0.25, 0.3) is 0 Å². The predicted molar refractivity (Wildman–Crippen MR) is 70.6 cm³/mol. The Morgan fingerprint density at radius 3 is 2.83 bits per heavy atom. The zero-order valence-electron chi connectivity index (χ0n) is 9.62. The average molecular weight is 261 g/mol. The number of hydrogen-bond donors (Lipinski definition) is 2. The van der Waals surface area contributed by atoms with Gasteiger partial charge < -0.3 is 5.73 Å². The number of nitrogen functional groups attached to an aromatic ring is 1. The zero-order valence-corrected chi connectivity index (χ0v) is 10.4. The first-order valence-electron chi connectivity index (χ1n) is 5.13. The maximum absolute atomic E-state index is 11.7. The van der Waals surface area contributed by atoms with E-state index in [2.05, 4.69) is 20.5 Å². The van der Waals surface area contributed by atoms with E-state index in [9.17, 15) is 4.79 Å². The lowest BCUT2D eigenvalue weighted by molar-refractivity contribution is 0.0958. The molecule has 0 atom stereocenters. The Morgan fingerprint density at radius 2 is 2.22 bits per heavy atom. The van der Waals surface area contributed by atoms with Gasteiger partial charge in [0.2, 0.25) is 0 Å². The normalized spacial score (nSPS) is 10.7. The molecule has 18 heavy (non-hydrogen) atoms. The Kier molecular flexibility index (Phi) is 3.63. The number of nitrogens with two attached hydrogens (primary N) is 1. The summed E-state index contributed by atoms with van der Waals surface area (Å²) < 4.78 is 0. The number of aromatic nitrogens is 2. The summed E-state index contributed by atoms with van der Waals surface area (Å²) in [4.78, 5) is 20.1. The lowest BCUT2D eigenvalue weighted by Gasteiger charge is -1.96. The standard InChI is InChI=1S/C11H11N5OS/c1-7-9(18-11(12)15-7)10(17)16-14-6-8-2-4-13-5-3-8/h2-6H,1H3,(H2,12,15)(H,16,17)/b14-6+. The van der Waals surface area contributed by atoms with E-state index in [-0.39, 0.29) is 5.91 Å². The minimum atomic E-state index is -0.313. The summed E-state index contributed by atoms with van der Waals surface area (Å²) in [6.45, 7) is 1.73. The number of pyridine rings is 1. The molecule has 0 saturated heterocycles. The van der Waals surface area contributed by atoms with Gasteiger partial charge in [-0.05, 0) is 24.6 Å². The van der Waals surface area contributed by atoms with E-state index in [4.69, 9.17) is 5.73 Å². The van der Waals surface area contributed by atoms with Crippen molar-refractivity contribution < 1.29 is 4.79 Å². The fourth-order valence-corrected chi connectivity index (χ4v) is 2.02. The van der Waals surface area contributed by atoms with Crippen molar-refractivity contribution in [3.05, 3.63) is 40.7 Å². The first-order valence-corrected chi connectivity index (χ1v) is 5.95. The molecule has 2 heterocycles. The molecule has 1 amide bonds. The molecule has 2 rings (SSSR count). The van der Waals surface area contributed by atoms with Crippen molar-refractivity contribution in [2.45, 2.75) is 6.92 Å². The third-order valence-electron chi connectivity index (χ3n) is 2.11. The SMILES string of the molecule is Cc1nc(N)sc1C(=O)N/N=C/c1ccncc1. The molecule has 0 aromatic carbocycles. The van der Waals surface area contributed by atoms with E-state index in [1.54, 1.807) is 37.7 Å². The molecule has 0 fully saturated rings. The molecule has 0 aliphatic rings. The quantitative estimate of drug-likeness (QED) is 0.641. The predicted octanol–water partition coefficient (Wildman–Crippen LogP) is 1.19. The van der Waals surface area contributed by atoms with Gasteiger partial charge in [0.25, 0.3) is 5.91 Å². The lowest BCUT2D eigenvalue weighted by atomic mass is 10.3. The van der Waals surface area contributed by atoms with E-state index >= 15 is 0 Å². The summed E-state index contributed by atoms with van der Waals surface area (Å²) in [6.07, 6.45) is 4.84. The van der Waals surface area contributed by atoms with Crippen molar-refractivity contribution in [3.8, 4) is 0 Å². The Bertz CT molecular complexity index is 578. The molecular formula is C11H11N5OS. The lowest BCUT2D eigenvalue weighted by Crippen LogP contribution is -2.17. The summed E-state index contributed by atoms with van der Waals surface area (Å²) in [7, 11) is 0. The molecule has 3 N–H and O–H groups in total. The molecule has 2 aromatic rings. The second-order valence-electron chi connectivity index (χ2n) is 3.45. The Hall–Kier alpha value is -2.28.